The summed E-state index contributed by atoms with van der Waals surface area (Å²) in [4.78, 5) is 50.9. The summed E-state index contributed by atoms with van der Waals surface area (Å²) in [6.45, 7) is 19.4. The zero-order valence-electron chi connectivity index (χ0n) is 36.1. The van der Waals surface area contributed by atoms with Crippen LogP contribution in [-0.2, 0) is 33.3 Å². The molecule has 1 unspecified atom stereocenters. The number of likely N-dealkylation sites (tertiary alicyclic amines) is 1. The van der Waals surface area contributed by atoms with Crippen molar-refractivity contribution < 1.29 is 23.5 Å². The lowest BCUT2D eigenvalue weighted by atomic mass is 9.98. The average molecular weight is 872 g/mol. The SMILES string of the molecule is CC(C)(C)OC(=O)N1CC[C@H](NC(=O)C2Cc3cc(Cl)ccc3N2)[C@H](NC(=O)c2nc3c(s2)CN(C(C)(C)CO[Si](c2ccccc2)(c2ccccc2)C(C)(C)C)CC3)C1. The molecule has 4 heterocycles. The lowest BCUT2D eigenvalue weighted by Crippen LogP contribution is -2.68. The van der Waals surface area contributed by atoms with Crippen LogP contribution in [0.1, 0.15) is 87.7 Å². The van der Waals surface area contributed by atoms with Crippen molar-refractivity contribution >= 4 is 65.2 Å². The fourth-order valence-electron chi connectivity index (χ4n) is 8.71. The van der Waals surface area contributed by atoms with Gasteiger partial charge in [-0.1, -0.05) is 93.0 Å². The Balaban J connectivity index is 1.05. The second-order valence-electron chi connectivity index (χ2n) is 18.9. The van der Waals surface area contributed by atoms with Crippen molar-refractivity contribution in [2.45, 2.75) is 116 Å². The van der Waals surface area contributed by atoms with E-state index in [0.717, 1.165) is 28.4 Å². The van der Waals surface area contributed by atoms with Crippen LogP contribution < -0.4 is 26.3 Å². The van der Waals surface area contributed by atoms with Crippen molar-refractivity contribution in [3.63, 3.8) is 0 Å². The third kappa shape index (κ3) is 9.45. The van der Waals surface area contributed by atoms with Gasteiger partial charge in [-0.3, -0.25) is 14.5 Å². The van der Waals surface area contributed by atoms with E-state index < -0.39 is 38.1 Å². The molecule has 3 aromatic carbocycles. The number of fused-ring (bicyclic) bond motifs is 2. The minimum atomic E-state index is -2.75. The quantitative estimate of drug-likeness (QED) is 0.149. The fourth-order valence-corrected chi connectivity index (χ4v) is 14.7. The largest absolute Gasteiger partial charge is 0.444 e. The zero-order valence-corrected chi connectivity index (χ0v) is 38.6. The lowest BCUT2D eigenvalue weighted by molar-refractivity contribution is -0.122. The van der Waals surface area contributed by atoms with Gasteiger partial charge in [0.15, 0.2) is 5.01 Å². The van der Waals surface area contributed by atoms with Gasteiger partial charge >= 0.3 is 6.09 Å². The van der Waals surface area contributed by atoms with Gasteiger partial charge in [0.1, 0.15) is 11.6 Å². The highest BCUT2D eigenvalue weighted by Crippen LogP contribution is 2.38. The molecule has 3 atom stereocenters. The van der Waals surface area contributed by atoms with Crippen molar-refractivity contribution in [2.75, 3.05) is 31.6 Å². The first-order valence-corrected chi connectivity index (χ1v) is 24.1. The summed E-state index contributed by atoms with van der Waals surface area (Å²) < 4.78 is 13.1. The van der Waals surface area contributed by atoms with E-state index in [2.05, 4.69) is 116 Å². The van der Waals surface area contributed by atoms with Crippen LogP contribution in [0.5, 0.6) is 0 Å². The lowest BCUT2D eigenvalue weighted by Gasteiger charge is -2.47. The number of benzene rings is 3. The molecular weight excluding hydrogens is 812 g/mol. The van der Waals surface area contributed by atoms with E-state index in [1.807, 2.05) is 32.9 Å². The maximum atomic E-state index is 14.1. The predicted molar refractivity (Wildman–Crippen MR) is 242 cm³/mol. The Morgan fingerprint density at radius 3 is 2.20 bits per heavy atom. The molecule has 1 aromatic heterocycles. The van der Waals surface area contributed by atoms with Crippen LogP contribution >= 0.6 is 22.9 Å². The summed E-state index contributed by atoms with van der Waals surface area (Å²) >= 11 is 7.63. The Labute approximate surface area is 364 Å². The number of thiazole rings is 1. The third-order valence-electron chi connectivity index (χ3n) is 11.9. The number of aromatic nitrogens is 1. The molecule has 3 aliphatic heterocycles. The van der Waals surface area contributed by atoms with Gasteiger partial charge in [0.2, 0.25) is 5.91 Å². The molecule has 3 aliphatic rings. The average Bonchev–Trinajstić information content (AvgIpc) is 3.83. The van der Waals surface area contributed by atoms with E-state index in [0.29, 0.717) is 49.0 Å². The topological polar surface area (TPSA) is 125 Å². The summed E-state index contributed by atoms with van der Waals surface area (Å²) in [5.74, 6) is -0.504. The molecule has 0 bridgehead atoms. The van der Waals surface area contributed by atoms with Gasteiger partial charge in [0.05, 0.1) is 24.4 Å². The van der Waals surface area contributed by atoms with Gasteiger partial charge in [0.25, 0.3) is 14.2 Å². The first-order valence-electron chi connectivity index (χ1n) is 21.0. The number of nitrogens with one attached hydrogen (secondary N) is 3. The Hall–Kier alpha value is -4.27. The van der Waals surface area contributed by atoms with E-state index in [1.54, 1.807) is 11.0 Å². The van der Waals surface area contributed by atoms with Crippen LogP contribution in [0.3, 0.4) is 0 Å². The van der Waals surface area contributed by atoms with Gasteiger partial charge in [-0.05, 0) is 80.2 Å². The maximum absolute atomic E-state index is 14.1. The highest BCUT2D eigenvalue weighted by atomic mass is 35.5. The molecule has 1 fully saturated rings. The van der Waals surface area contributed by atoms with Crippen molar-refractivity contribution in [1.82, 2.24) is 25.4 Å². The number of carbonyl (C=O) groups is 3. The van der Waals surface area contributed by atoms with E-state index in [-0.39, 0.29) is 28.9 Å². The molecule has 0 radical (unpaired) electrons. The monoisotopic (exact) mass is 870 g/mol. The van der Waals surface area contributed by atoms with Crippen LogP contribution in [-0.4, -0.2) is 96.5 Å². The van der Waals surface area contributed by atoms with Gasteiger partial charge in [-0.15, -0.1) is 11.3 Å². The smallest absolute Gasteiger partial charge is 0.410 e. The highest BCUT2D eigenvalue weighted by Gasteiger charge is 2.51. The summed E-state index contributed by atoms with van der Waals surface area (Å²) in [7, 11) is -2.75. The van der Waals surface area contributed by atoms with Crippen molar-refractivity contribution in [3.05, 3.63) is 105 Å². The molecule has 3 N–H and O–H groups in total. The number of hydrogen-bond donors (Lipinski definition) is 3. The van der Waals surface area contributed by atoms with E-state index in [1.165, 1.54) is 21.7 Å². The standard InChI is InChI=1S/C46H59ClN6O5SSi/c1-44(2,3)58-43(56)52-23-21-35(49-40(54)37-26-30-25-31(47)19-20-34(30)48-37)38(27-52)50-41(55)42-51-36-22-24-53(28-39(36)59-42)46(7,8)29-57-60(45(4,5)6,32-15-11-9-12-16-32)33-17-13-10-14-18-33/h9-20,25,35,37-38,48H,21-24,26-29H2,1-8H3,(H,49,54)(H,50,55)/t35-,37?,38+/m0/s1. The normalized spacial score (nSPS) is 19.8. The summed E-state index contributed by atoms with van der Waals surface area (Å²) in [5.41, 5.74) is 1.79. The zero-order chi connectivity index (χ0) is 43.0. The number of halogens is 1. The molecule has 0 saturated carbocycles. The molecule has 0 aliphatic carbocycles. The van der Waals surface area contributed by atoms with Crippen molar-refractivity contribution in [3.8, 4) is 0 Å². The molecule has 14 heteroatoms. The number of ether oxygens (including phenoxy) is 1. The first-order chi connectivity index (χ1) is 28.3. The first kappa shape index (κ1) is 43.8. The second kappa shape index (κ2) is 17.2. The summed E-state index contributed by atoms with van der Waals surface area (Å²) in [6.07, 6.45) is 1.19. The van der Waals surface area contributed by atoms with Crippen LogP contribution in [0.25, 0.3) is 0 Å². The Kier molecular flexibility index (Phi) is 12.6. The number of anilines is 1. The van der Waals surface area contributed by atoms with Crippen LogP contribution in [0.2, 0.25) is 10.1 Å². The van der Waals surface area contributed by atoms with Gasteiger partial charge < -0.3 is 30.0 Å². The van der Waals surface area contributed by atoms with E-state index >= 15 is 0 Å². The molecule has 1 saturated heterocycles. The molecule has 11 nitrogen and oxygen atoms in total. The van der Waals surface area contributed by atoms with Crippen molar-refractivity contribution in [2.24, 2.45) is 0 Å². The predicted octanol–water partition coefficient (Wildman–Crippen LogP) is 6.77. The summed E-state index contributed by atoms with van der Waals surface area (Å²) in [6, 6.07) is 25.5. The van der Waals surface area contributed by atoms with E-state index in [9.17, 15) is 14.4 Å². The number of piperidine rings is 1. The van der Waals surface area contributed by atoms with Crippen molar-refractivity contribution in [1.29, 1.82) is 0 Å². The van der Waals surface area contributed by atoms with Crippen LogP contribution in [0.4, 0.5) is 10.5 Å². The summed E-state index contributed by atoms with van der Waals surface area (Å²) in [5, 5.41) is 13.0. The highest BCUT2D eigenvalue weighted by molar-refractivity contribution is 7.13. The molecule has 7 rings (SSSR count). The van der Waals surface area contributed by atoms with Gasteiger partial charge in [-0.25, -0.2) is 9.78 Å². The molecule has 60 heavy (non-hydrogen) atoms. The van der Waals surface area contributed by atoms with Gasteiger partial charge in [-0.2, -0.15) is 0 Å². The fraction of sp³-hybridized carbons (Fsp3) is 0.478. The number of carbonyl (C=O) groups excluding carboxylic acids is 3. The molecule has 320 valence electrons. The molecular formula is C46H59ClN6O5SSi. The number of hydrogen-bond acceptors (Lipinski definition) is 9. The maximum Gasteiger partial charge on any atom is 0.410 e. The molecule has 4 aromatic rings. The third-order valence-corrected chi connectivity index (χ3v) is 18.2. The Morgan fingerprint density at radius 2 is 1.57 bits per heavy atom. The molecule has 3 amide bonds. The van der Waals surface area contributed by atoms with Crippen LogP contribution in [0, 0.1) is 0 Å². The number of amides is 3. The van der Waals surface area contributed by atoms with Crippen LogP contribution in [0.15, 0.2) is 78.9 Å². The Bertz CT molecular complexity index is 2150. The van der Waals surface area contributed by atoms with Gasteiger partial charge in [0, 0.05) is 60.1 Å². The second-order valence-corrected chi connectivity index (χ2v) is 24.8. The van der Waals surface area contributed by atoms with E-state index in [4.69, 9.17) is 25.7 Å². The minimum Gasteiger partial charge on any atom is -0.444 e. The Morgan fingerprint density at radius 1 is 0.900 bits per heavy atom. The number of rotatable bonds is 10. The molecule has 0 spiro atoms. The number of nitrogens with zero attached hydrogens (tertiary/aromatic N) is 3. The minimum absolute atomic E-state index is 0.140.